The van der Waals surface area contributed by atoms with Gasteiger partial charge in [-0.2, -0.15) is 0 Å². The lowest BCUT2D eigenvalue weighted by molar-refractivity contribution is -0.140. The maximum absolute atomic E-state index is 12.5. The van der Waals surface area contributed by atoms with Crippen molar-refractivity contribution in [2.45, 2.75) is 51.9 Å². The third kappa shape index (κ3) is 3.37. The van der Waals surface area contributed by atoms with Crippen LogP contribution in [0.5, 0.6) is 0 Å². The molecule has 114 valence electrons. The molecule has 0 saturated carbocycles. The lowest BCUT2D eigenvalue weighted by atomic mass is 9.62. The quantitative estimate of drug-likeness (QED) is 0.809. The Morgan fingerprint density at radius 2 is 1.90 bits per heavy atom. The molecule has 1 saturated heterocycles. The number of rotatable bonds is 5. The number of hydrogen-bond donors (Lipinski definition) is 1. The first-order chi connectivity index (χ1) is 10.0. The van der Waals surface area contributed by atoms with E-state index in [1.807, 2.05) is 24.3 Å². The number of amides is 2. The first kappa shape index (κ1) is 16.2. The van der Waals surface area contributed by atoms with Gasteiger partial charge < -0.3 is 0 Å². The molecule has 0 bridgehead atoms. The molecular weight excluding hydrogens is 330 g/mol. The van der Waals surface area contributed by atoms with Gasteiger partial charge in [-0.1, -0.05) is 54.8 Å². The van der Waals surface area contributed by atoms with Gasteiger partial charge in [-0.3, -0.25) is 14.9 Å². The van der Waals surface area contributed by atoms with Crippen LogP contribution >= 0.6 is 15.9 Å². The number of benzene rings is 1. The minimum absolute atomic E-state index is 0.131. The summed E-state index contributed by atoms with van der Waals surface area (Å²) in [5, 5.41) is 2.53. The van der Waals surface area contributed by atoms with Gasteiger partial charge in [-0.05, 0) is 36.0 Å². The molecule has 1 unspecified atom stereocenters. The molecule has 3 nitrogen and oxygen atoms in total. The number of halogens is 1. The molecule has 1 heterocycles. The molecule has 2 rings (SSSR count). The van der Waals surface area contributed by atoms with Crippen LogP contribution in [0.2, 0.25) is 0 Å². The maximum atomic E-state index is 12.5. The second-order valence-corrected chi connectivity index (χ2v) is 6.86. The molecule has 1 fully saturated rings. The van der Waals surface area contributed by atoms with Crippen LogP contribution in [0.4, 0.5) is 0 Å². The van der Waals surface area contributed by atoms with Crippen molar-refractivity contribution in [1.29, 1.82) is 0 Å². The summed E-state index contributed by atoms with van der Waals surface area (Å²) < 4.78 is 0.964. The van der Waals surface area contributed by atoms with Crippen LogP contribution in [-0.4, -0.2) is 11.8 Å². The molecule has 1 N–H and O–H groups in total. The van der Waals surface area contributed by atoms with Crippen molar-refractivity contribution < 1.29 is 9.59 Å². The summed E-state index contributed by atoms with van der Waals surface area (Å²) in [5.41, 5.74) is 0.750. The van der Waals surface area contributed by atoms with Crippen molar-refractivity contribution in [2.24, 2.45) is 5.41 Å². The van der Waals surface area contributed by atoms with E-state index in [-0.39, 0.29) is 23.1 Å². The number of imide groups is 1. The highest BCUT2D eigenvalue weighted by atomic mass is 79.9. The Balaban J connectivity index is 2.49. The Kier molecular flexibility index (Phi) is 5.20. The van der Waals surface area contributed by atoms with Crippen molar-refractivity contribution in [3.8, 4) is 0 Å². The summed E-state index contributed by atoms with van der Waals surface area (Å²) >= 11 is 3.48. The fourth-order valence-corrected chi connectivity index (χ4v) is 4.15. The second kappa shape index (κ2) is 6.73. The molecular formula is C17H22BrNO2. The van der Waals surface area contributed by atoms with Crippen LogP contribution in [0.15, 0.2) is 28.7 Å². The van der Waals surface area contributed by atoms with Crippen molar-refractivity contribution in [3.63, 3.8) is 0 Å². The number of carbonyl (C=O) groups excluding carboxylic acids is 2. The Hall–Kier alpha value is -1.16. The average molecular weight is 352 g/mol. The van der Waals surface area contributed by atoms with E-state index in [1.54, 1.807) is 0 Å². The van der Waals surface area contributed by atoms with Crippen molar-refractivity contribution in [1.82, 2.24) is 5.32 Å². The minimum Gasteiger partial charge on any atom is -0.296 e. The molecule has 4 heteroatoms. The molecule has 1 aliphatic rings. The largest absolute Gasteiger partial charge is 0.296 e. The lowest BCUT2D eigenvalue weighted by Crippen LogP contribution is -2.50. The highest BCUT2D eigenvalue weighted by Gasteiger charge is 2.47. The zero-order valence-electron chi connectivity index (χ0n) is 12.6. The van der Waals surface area contributed by atoms with Gasteiger partial charge in [0.15, 0.2) is 0 Å². The first-order valence-electron chi connectivity index (χ1n) is 7.61. The lowest BCUT2D eigenvalue weighted by Gasteiger charge is -2.43. The maximum Gasteiger partial charge on any atom is 0.234 e. The number of hydrogen-bond acceptors (Lipinski definition) is 2. The molecule has 0 radical (unpaired) electrons. The summed E-state index contributed by atoms with van der Waals surface area (Å²) in [5.74, 6) is -0.521. The van der Waals surface area contributed by atoms with Gasteiger partial charge in [0.05, 0.1) is 5.92 Å². The van der Waals surface area contributed by atoms with Gasteiger partial charge in [0.2, 0.25) is 11.8 Å². The highest BCUT2D eigenvalue weighted by Crippen LogP contribution is 2.49. The molecule has 1 atom stereocenters. The fraction of sp³-hybridized carbons (Fsp3) is 0.529. The summed E-state index contributed by atoms with van der Waals surface area (Å²) in [6.45, 7) is 4.23. The van der Waals surface area contributed by atoms with E-state index in [0.717, 1.165) is 35.7 Å². The minimum atomic E-state index is -0.246. The predicted molar refractivity (Wildman–Crippen MR) is 86.9 cm³/mol. The van der Waals surface area contributed by atoms with Crippen LogP contribution in [0.3, 0.4) is 0 Å². The van der Waals surface area contributed by atoms with E-state index in [2.05, 4.69) is 35.1 Å². The van der Waals surface area contributed by atoms with E-state index in [0.29, 0.717) is 6.42 Å². The fourth-order valence-electron chi connectivity index (χ4n) is 3.73. The first-order valence-corrected chi connectivity index (χ1v) is 8.41. The van der Waals surface area contributed by atoms with Gasteiger partial charge in [0.1, 0.15) is 0 Å². The summed E-state index contributed by atoms with van der Waals surface area (Å²) in [6, 6.07) is 7.90. The van der Waals surface area contributed by atoms with E-state index >= 15 is 0 Å². The van der Waals surface area contributed by atoms with E-state index in [4.69, 9.17) is 0 Å². The van der Waals surface area contributed by atoms with Gasteiger partial charge in [0.25, 0.3) is 0 Å². The van der Waals surface area contributed by atoms with Gasteiger partial charge in [0, 0.05) is 10.9 Å². The van der Waals surface area contributed by atoms with E-state index in [9.17, 15) is 9.59 Å². The van der Waals surface area contributed by atoms with Crippen LogP contribution < -0.4 is 5.32 Å². The van der Waals surface area contributed by atoms with Gasteiger partial charge in [-0.15, -0.1) is 0 Å². The topological polar surface area (TPSA) is 46.2 Å². The number of nitrogens with one attached hydrogen (secondary N) is 1. The Morgan fingerprint density at radius 3 is 2.48 bits per heavy atom. The van der Waals surface area contributed by atoms with Crippen molar-refractivity contribution in [3.05, 3.63) is 34.3 Å². The molecule has 1 aromatic carbocycles. The van der Waals surface area contributed by atoms with E-state index < -0.39 is 0 Å². The zero-order valence-corrected chi connectivity index (χ0v) is 14.2. The van der Waals surface area contributed by atoms with Gasteiger partial charge >= 0.3 is 0 Å². The molecule has 1 aromatic rings. The van der Waals surface area contributed by atoms with Crippen LogP contribution in [0, 0.1) is 5.41 Å². The average Bonchev–Trinajstić information content (AvgIpc) is 2.38. The normalized spacial score (nSPS) is 21.2. The van der Waals surface area contributed by atoms with Crippen LogP contribution in [-0.2, 0) is 9.59 Å². The van der Waals surface area contributed by atoms with E-state index in [1.165, 1.54) is 0 Å². The molecule has 0 spiro atoms. The Bertz CT molecular complexity index is 535. The van der Waals surface area contributed by atoms with Crippen LogP contribution in [0.25, 0.3) is 0 Å². The highest BCUT2D eigenvalue weighted by molar-refractivity contribution is 9.10. The van der Waals surface area contributed by atoms with Crippen molar-refractivity contribution in [2.75, 3.05) is 0 Å². The third-order valence-corrected chi connectivity index (χ3v) is 4.82. The molecule has 1 aliphatic heterocycles. The smallest absolute Gasteiger partial charge is 0.234 e. The van der Waals surface area contributed by atoms with Crippen LogP contribution in [0.1, 0.15) is 57.4 Å². The molecule has 2 amide bonds. The second-order valence-electron chi connectivity index (χ2n) is 5.94. The monoisotopic (exact) mass is 351 g/mol. The Labute approximate surface area is 134 Å². The standard InChI is InChI=1S/C17H22BrNO2/c1-3-8-17(9-4-2)11-14(20)19-16(21)15(17)12-6-5-7-13(18)10-12/h5-7,10,15H,3-4,8-9,11H2,1-2H3,(H,19,20,21). The summed E-state index contributed by atoms with van der Waals surface area (Å²) in [6.07, 6.45) is 4.20. The molecule has 0 aromatic heterocycles. The molecule has 21 heavy (non-hydrogen) atoms. The Morgan fingerprint density at radius 1 is 1.24 bits per heavy atom. The zero-order chi connectivity index (χ0) is 15.5. The number of carbonyl (C=O) groups is 2. The summed E-state index contributed by atoms with van der Waals surface area (Å²) in [4.78, 5) is 24.5. The number of piperidine rings is 1. The SMILES string of the molecule is CCCC1(CCC)CC(=O)NC(=O)C1c1cccc(Br)c1. The van der Waals surface area contributed by atoms with Gasteiger partial charge in [-0.25, -0.2) is 0 Å². The summed E-state index contributed by atoms with van der Waals surface area (Å²) in [7, 11) is 0. The predicted octanol–water partition coefficient (Wildman–Crippen LogP) is 4.17. The van der Waals surface area contributed by atoms with Crippen molar-refractivity contribution >= 4 is 27.7 Å². The third-order valence-electron chi connectivity index (χ3n) is 4.33. The molecule has 0 aliphatic carbocycles.